The molecule has 7 heterocycles. The summed E-state index contributed by atoms with van der Waals surface area (Å²) in [4.78, 5) is 65.6. The number of carbonyl (C=O) groups is 4. The molecule has 3 amide bonds. The van der Waals surface area contributed by atoms with Gasteiger partial charge in [-0.25, -0.2) is 0 Å². The summed E-state index contributed by atoms with van der Waals surface area (Å²) in [6.07, 6.45) is 7.10. The van der Waals surface area contributed by atoms with Gasteiger partial charge in [-0.15, -0.1) is 0 Å². The van der Waals surface area contributed by atoms with Crippen LogP contribution in [0.5, 0.6) is 0 Å². The van der Waals surface area contributed by atoms with E-state index in [0.717, 1.165) is 61.2 Å². The maximum atomic E-state index is 15.3. The number of hydrogen-bond acceptors (Lipinski definition) is 6. The molecule has 260 valence electrons. The van der Waals surface area contributed by atoms with Gasteiger partial charge in [-0.3, -0.25) is 29.0 Å². The number of piperidine rings is 1. The van der Waals surface area contributed by atoms with Gasteiger partial charge in [0.15, 0.2) is 5.78 Å². The summed E-state index contributed by atoms with van der Waals surface area (Å²) in [5.74, 6) is -0.661. The van der Waals surface area contributed by atoms with E-state index >= 15 is 9.59 Å². The molecular formula is C41H40ClN5O4. The van der Waals surface area contributed by atoms with Crippen LogP contribution in [0, 0.1) is 11.3 Å². The number of amides is 3. The number of fused-ring (bicyclic) bond motifs is 9. The zero-order valence-corrected chi connectivity index (χ0v) is 29.1. The van der Waals surface area contributed by atoms with Gasteiger partial charge in [-0.1, -0.05) is 66.2 Å². The average molecular weight is 702 g/mol. The molecule has 6 atom stereocenters. The van der Waals surface area contributed by atoms with Crippen LogP contribution in [0.2, 0.25) is 5.02 Å². The predicted molar refractivity (Wildman–Crippen MR) is 194 cm³/mol. The molecule has 3 aromatic carbocycles. The van der Waals surface area contributed by atoms with E-state index in [0.29, 0.717) is 29.1 Å². The highest BCUT2D eigenvalue weighted by Crippen LogP contribution is 2.64. The van der Waals surface area contributed by atoms with Gasteiger partial charge in [0.05, 0.1) is 5.41 Å². The normalized spacial score (nSPS) is 34.5. The molecule has 5 saturated heterocycles. The third-order valence-corrected chi connectivity index (χ3v) is 13.8. The second kappa shape index (κ2) is 11.1. The third kappa shape index (κ3) is 4.00. The van der Waals surface area contributed by atoms with Gasteiger partial charge >= 0.3 is 0 Å². The Balaban J connectivity index is 1.09. The number of likely N-dealkylation sites (tertiary alicyclic amines) is 1. The van der Waals surface area contributed by atoms with Crippen molar-refractivity contribution in [2.75, 3.05) is 36.8 Å². The molecule has 51 heavy (non-hydrogen) atoms. The first-order valence-electron chi connectivity index (χ1n) is 18.4. The smallest absolute Gasteiger partial charge is 0.250 e. The van der Waals surface area contributed by atoms with Gasteiger partial charge in [0.25, 0.3) is 5.91 Å². The molecule has 10 rings (SSSR count). The minimum Gasteiger partial charge on any atom is -0.337 e. The van der Waals surface area contributed by atoms with E-state index < -0.39 is 16.5 Å². The number of nitrogens with zero attached hydrogens (tertiary/aromatic N) is 3. The number of para-hydroxylation sites is 2. The Morgan fingerprint density at radius 2 is 1.49 bits per heavy atom. The molecule has 3 aromatic rings. The van der Waals surface area contributed by atoms with Gasteiger partial charge in [0.2, 0.25) is 11.8 Å². The number of anilines is 2. The Labute approximate surface area is 302 Å². The molecule has 3 spiro atoms. The first-order chi connectivity index (χ1) is 24.8. The quantitative estimate of drug-likeness (QED) is 0.347. The van der Waals surface area contributed by atoms with Crippen LogP contribution >= 0.6 is 11.6 Å². The molecule has 0 aliphatic carbocycles. The molecule has 10 heteroatoms. The van der Waals surface area contributed by atoms with Crippen molar-refractivity contribution in [1.29, 1.82) is 0 Å². The van der Waals surface area contributed by atoms with Crippen molar-refractivity contribution in [2.24, 2.45) is 11.3 Å². The van der Waals surface area contributed by atoms with E-state index in [1.165, 1.54) is 0 Å². The fraction of sp³-hybridized carbons (Fsp3) is 0.415. The monoisotopic (exact) mass is 701 g/mol. The highest BCUT2D eigenvalue weighted by atomic mass is 35.5. The predicted octanol–water partition coefficient (Wildman–Crippen LogP) is 5.56. The number of benzene rings is 3. The van der Waals surface area contributed by atoms with Crippen LogP contribution in [0.1, 0.15) is 61.6 Å². The van der Waals surface area contributed by atoms with Crippen molar-refractivity contribution in [3.63, 3.8) is 0 Å². The van der Waals surface area contributed by atoms with Crippen molar-refractivity contribution >= 4 is 52.6 Å². The number of halogens is 1. The minimum absolute atomic E-state index is 0.0337. The third-order valence-electron chi connectivity index (χ3n) is 13.4. The van der Waals surface area contributed by atoms with Crippen molar-refractivity contribution in [1.82, 2.24) is 14.7 Å². The van der Waals surface area contributed by atoms with Crippen LogP contribution in [-0.4, -0.2) is 76.5 Å². The van der Waals surface area contributed by atoms with Crippen LogP contribution in [-0.2, 0) is 30.3 Å². The molecule has 0 radical (unpaired) electrons. The number of nitrogens with one attached hydrogen (secondary N) is 2. The van der Waals surface area contributed by atoms with Gasteiger partial charge in [0.1, 0.15) is 11.1 Å². The van der Waals surface area contributed by atoms with Gasteiger partial charge in [-0.2, -0.15) is 0 Å². The van der Waals surface area contributed by atoms with Crippen LogP contribution in [0.4, 0.5) is 11.4 Å². The summed E-state index contributed by atoms with van der Waals surface area (Å²) in [6, 6.07) is 23.3. The van der Waals surface area contributed by atoms with Gasteiger partial charge in [-0.05, 0) is 81.5 Å². The second-order valence-electron chi connectivity index (χ2n) is 15.6. The first-order valence-corrected chi connectivity index (χ1v) is 18.8. The summed E-state index contributed by atoms with van der Waals surface area (Å²) in [5, 5.41) is 6.83. The van der Waals surface area contributed by atoms with Crippen LogP contribution in [0.3, 0.4) is 0 Å². The Bertz CT molecular complexity index is 2080. The molecule has 0 unspecified atom stereocenters. The molecule has 0 saturated carbocycles. The Morgan fingerprint density at radius 3 is 2.29 bits per heavy atom. The van der Waals surface area contributed by atoms with Crippen LogP contribution in [0.25, 0.3) is 6.08 Å². The van der Waals surface area contributed by atoms with Crippen molar-refractivity contribution in [2.45, 2.75) is 68.1 Å². The number of ketones is 1. The van der Waals surface area contributed by atoms with E-state index in [1.54, 1.807) is 6.07 Å². The largest absolute Gasteiger partial charge is 0.337 e. The van der Waals surface area contributed by atoms with Crippen molar-refractivity contribution in [3.8, 4) is 0 Å². The molecule has 2 N–H and O–H groups in total. The summed E-state index contributed by atoms with van der Waals surface area (Å²) >= 11 is 6.66. The Hall–Kier alpha value is -4.31. The van der Waals surface area contributed by atoms with E-state index in [1.807, 2.05) is 77.7 Å². The van der Waals surface area contributed by atoms with Crippen molar-refractivity contribution in [3.05, 3.63) is 100 Å². The zero-order valence-electron chi connectivity index (χ0n) is 28.4. The van der Waals surface area contributed by atoms with Gasteiger partial charge in [0, 0.05) is 70.6 Å². The number of hydrogen-bond donors (Lipinski definition) is 2. The minimum atomic E-state index is -1.25. The van der Waals surface area contributed by atoms with Crippen LogP contribution < -0.4 is 10.6 Å². The molecule has 0 bridgehead atoms. The molecule has 9 nitrogen and oxygen atoms in total. The maximum absolute atomic E-state index is 15.3. The van der Waals surface area contributed by atoms with E-state index in [-0.39, 0.29) is 61.0 Å². The second-order valence-corrected chi connectivity index (χ2v) is 16.1. The van der Waals surface area contributed by atoms with Crippen LogP contribution in [0.15, 0.2) is 78.4 Å². The standard InChI is InChI=1S/C41H40ClN5O4/c42-32-14-4-1-9-25(32)19-26-23-45(35(48)21-27-20-28-10-7-17-46(28)40(27)30-12-2-5-15-33(30)43-37(40)50)24-39(36(26)49)22-29-11-8-18-47(29)41(39)31-13-3-6-16-34(31)44-38(41)51/h1-6,9,12-16,19,27-29H,7-8,10-11,17-18,20-24H2,(H,43,50)(H,44,51)/b26-19+/t27-,28-,29-,39+,40-,41+/m1/s1. The fourth-order valence-corrected chi connectivity index (χ4v) is 11.9. The van der Waals surface area contributed by atoms with Crippen molar-refractivity contribution < 1.29 is 19.2 Å². The average Bonchev–Trinajstić information content (AvgIpc) is 3.96. The summed E-state index contributed by atoms with van der Waals surface area (Å²) < 4.78 is 0. The lowest BCUT2D eigenvalue weighted by atomic mass is 9.60. The molecular weight excluding hydrogens is 662 g/mol. The van der Waals surface area contributed by atoms with Gasteiger partial charge < -0.3 is 15.5 Å². The fourth-order valence-electron chi connectivity index (χ4n) is 11.7. The Kier molecular flexibility index (Phi) is 6.84. The zero-order chi connectivity index (χ0) is 34.7. The Morgan fingerprint density at radius 1 is 0.824 bits per heavy atom. The topological polar surface area (TPSA) is 102 Å². The molecule has 0 aromatic heterocycles. The summed E-state index contributed by atoms with van der Waals surface area (Å²) in [7, 11) is 0. The van der Waals surface area contributed by atoms with E-state index in [4.69, 9.17) is 11.6 Å². The lowest BCUT2D eigenvalue weighted by molar-refractivity contribution is -0.151. The summed E-state index contributed by atoms with van der Waals surface area (Å²) in [6.45, 7) is 1.77. The number of Topliss-reactive ketones (excluding diaryl/α,β-unsaturated/α-hetero) is 1. The SMILES string of the molecule is O=C(C[C@H]1C[C@H]2CCCN2[C@]12C(=O)Nc1ccccc12)N1C/C(=C\c2ccccc2Cl)C(=O)[C@]2(C[C@H]3CCCN3[C@@]23C(=O)Nc2ccccc23)C1. The molecule has 7 aliphatic rings. The lowest BCUT2D eigenvalue weighted by Gasteiger charge is -2.50. The van der Waals surface area contributed by atoms with E-state index in [2.05, 4.69) is 20.4 Å². The number of carbonyl (C=O) groups excluding carboxylic acids is 4. The lowest BCUT2D eigenvalue weighted by Crippen LogP contribution is -2.65. The highest BCUT2D eigenvalue weighted by Gasteiger charge is 2.75. The van der Waals surface area contributed by atoms with E-state index in [9.17, 15) is 9.59 Å². The number of rotatable bonds is 3. The summed E-state index contributed by atoms with van der Waals surface area (Å²) in [5.41, 5.74) is 1.12. The highest BCUT2D eigenvalue weighted by molar-refractivity contribution is 6.32. The maximum Gasteiger partial charge on any atom is 0.250 e. The molecule has 7 aliphatic heterocycles. The first kappa shape index (κ1) is 31.4. The molecule has 5 fully saturated rings.